The van der Waals surface area contributed by atoms with Gasteiger partial charge in [-0.3, -0.25) is 4.79 Å². The summed E-state index contributed by atoms with van der Waals surface area (Å²) in [4.78, 5) is 22.7. The van der Waals surface area contributed by atoms with Crippen molar-refractivity contribution in [2.75, 3.05) is 6.54 Å². The molecule has 0 radical (unpaired) electrons. The van der Waals surface area contributed by atoms with Gasteiger partial charge < -0.3 is 4.90 Å². The molecule has 2 aliphatic rings. The van der Waals surface area contributed by atoms with Gasteiger partial charge in [0.2, 0.25) is 5.91 Å². The highest BCUT2D eigenvalue weighted by atomic mass is 16.2. The van der Waals surface area contributed by atoms with E-state index in [2.05, 4.69) is 21.8 Å². The van der Waals surface area contributed by atoms with E-state index in [-0.39, 0.29) is 0 Å². The highest BCUT2D eigenvalue weighted by Crippen LogP contribution is 2.32. The smallest absolute Gasteiger partial charge is 0.222 e. The fraction of sp³-hybridized carbons (Fsp3) is 0.722. The molecule has 1 saturated carbocycles. The van der Waals surface area contributed by atoms with Crippen molar-refractivity contribution < 1.29 is 4.79 Å². The number of aryl methyl sites for hydroxylation is 2. The van der Waals surface area contributed by atoms with Crippen molar-refractivity contribution in [2.45, 2.75) is 70.8 Å². The van der Waals surface area contributed by atoms with Crippen molar-refractivity contribution in [3.63, 3.8) is 0 Å². The average molecular weight is 301 g/mol. The molecule has 22 heavy (non-hydrogen) atoms. The van der Waals surface area contributed by atoms with Gasteiger partial charge in [-0.15, -0.1) is 0 Å². The fourth-order valence-electron chi connectivity index (χ4n) is 3.86. The van der Waals surface area contributed by atoms with Crippen molar-refractivity contribution in [1.82, 2.24) is 14.9 Å². The molecule has 1 amide bonds. The first kappa shape index (κ1) is 15.4. The van der Waals surface area contributed by atoms with Crippen LogP contribution in [0.1, 0.15) is 63.3 Å². The first-order chi connectivity index (χ1) is 10.8. The van der Waals surface area contributed by atoms with Gasteiger partial charge in [-0.05, 0) is 56.4 Å². The summed E-state index contributed by atoms with van der Waals surface area (Å²) >= 11 is 0. The molecule has 2 heterocycles. The zero-order chi connectivity index (χ0) is 15.4. The van der Waals surface area contributed by atoms with Crippen LogP contribution in [-0.2, 0) is 17.6 Å². The average Bonchev–Trinajstić information content (AvgIpc) is 3.00. The lowest BCUT2D eigenvalue weighted by Crippen LogP contribution is -2.38. The summed E-state index contributed by atoms with van der Waals surface area (Å²) in [6.45, 7) is 3.08. The minimum Gasteiger partial charge on any atom is -0.340 e. The van der Waals surface area contributed by atoms with Crippen LogP contribution in [-0.4, -0.2) is 33.4 Å². The van der Waals surface area contributed by atoms with Crippen molar-refractivity contribution in [3.8, 4) is 0 Å². The molecule has 1 aromatic rings. The van der Waals surface area contributed by atoms with Crippen molar-refractivity contribution in [3.05, 3.63) is 23.8 Å². The Balaban J connectivity index is 1.42. The molecule has 0 aromatic carbocycles. The Morgan fingerprint density at radius 2 is 1.91 bits per heavy atom. The van der Waals surface area contributed by atoms with Crippen LogP contribution in [0.4, 0.5) is 0 Å². The quantitative estimate of drug-likeness (QED) is 0.839. The van der Waals surface area contributed by atoms with E-state index in [1.165, 1.54) is 37.7 Å². The Hall–Kier alpha value is -1.45. The summed E-state index contributed by atoms with van der Waals surface area (Å²) in [5.74, 6) is 2.12. The van der Waals surface area contributed by atoms with Gasteiger partial charge in [0.25, 0.3) is 0 Å². The number of nitrogens with zero attached hydrogens (tertiary/aromatic N) is 3. The number of carbonyl (C=O) groups excluding carboxylic acids is 1. The van der Waals surface area contributed by atoms with Gasteiger partial charge in [-0.1, -0.05) is 6.92 Å². The molecule has 2 fully saturated rings. The van der Waals surface area contributed by atoms with E-state index < -0.39 is 0 Å². The van der Waals surface area contributed by atoms with E-state index in [1.807, 2.05) is 12.4 Å². The predicted octanol–water partition coefficient (Wildman–Crippen LogP) is 3.15. The lowest BCUT2D eigenvalue weighted by Gasteiger charge is -2.34. The first-order valence-corrected chi connectivity index (χ1v) is 8.85. The number of rotatable bonds is 5. The molecule has 1 aliphatic carbocycles. The summed E-state index contributed by atoms with van der Waals surface area (Å²) in [6.07, 6.45) is 14.0. The topological polar surface area (TPSA) is 46.1 Å². The zero-order valence-corrected chi connectivity index (χ0v) is 13.6. The third-order valence-corrected chi connectivity index (χ3v) is 5.28. The maximum Gasteiger partial charge on any atom is 0.222 e. The second kappa shape index (κ2) is 7.21. The molecule has 1 saturated heterocycles. The van der Waals surface area contributed by atoms with Crippen LogP contribution in [0.3, 0.4) is 0 Å². The third-order valence-electron chi connectivity index (χ3n) is 5.28. The number of hydrogen-bond acceptors (Lipinski definition) is 3. The zero-order valence-electron chi connectivity index (χ0n) is 13.6. The van der Waals surface area contributed by atoms with Gasteiger partial charge in [0.15, 0.2) is 0 Å². The second-order valence-electron chi connectivity index (χ2n) is 6.77. The van der Waals surface area contributed by atoms with Crippen LogP contribution in [0.2, 0.25) is 0 Å². The third kappa shape index (κ3) is 3.65. The second-order valence-corrected chi connectivity index (χ2v) is 6.77. The summed E-state index contributed by atoms with van der Waals surface area (Å²) in [5.41, 5.74) is 1.26. The van der Waals surface area contributed by atoms with Gasteiger partial charge in [-0.2, -0.15) is 0 Å². The Labute approximate surface area is 133 Å². The molecule has 0 spiro atoms. The summed E-state index contributed by atoms with van der Waals surface area (Å²) in [7, 11) is 0. The standard InChI is InChI=1S/C18H27N3O/c1-2-17-19-12-15(13-20-17)6-5-14-7-9-16(10-8-14)21-11-3-4-18(21)22/h12-14,16H,2-11H2,1H3. The largest absolute Gasteiger partial charge is 0.340 e. The van der Waals surface area contributed by atoms with E-state index in [0.29, 0.717) is 11.9 Å². The molecule has 0 atom stereocenters. The van der Waals surface area contributed by atoms with Crippen molar-refractivity contribution >= 4 is 5.91 Å². The van der Waals surface area contributed by atoms with Crippen LogP contribution in [0.25, 0.3) is 0 Å². The van der Waals surface area contributed by atoms with Gasteiger partial charge >= 0.3 is 0 Å². The first-order valence-electron chi connectivity index (χ1n) is 8.85. The van der Waals surface area contributed by atoms with Crippen LogP contribution in [0.15, 0.2) is 12.4 Å². The SMILES string of the molecule is CCc1ncc(CCC2CCC(N3CCCC3=O)CC2)cn1. The molecular weight excluding hydrogens is 274 g/mol. The number of likely N-dealkylation sites (tertiary alicyclic amines) is 1. The van der Waals surface area contributed by atoms with Crippen LogP contribution in [0, 0.1) is 5.92 Å². The van der Waals surface area contributed by atoms with E-state index >= 15 is 0 Å². The van der Waals surface area contributed by atoms with Crippen molar-refractivity contribution in [2.24, 2.45) is 5.92 Å². The van der Waals surface area contributed by atoms with Gasteiger partial charge in [0.05, 0.1) is 0 Å². The lowest BCUT2D eigenvalue weighted by molar-refractivity contribution is -0.130. The maximum absolute atomic E-state index is 11.8. The molecule has 0 N–H and O–H groups in total. The molecular formula is C18H27N3O. The monoisotopic (exact) mass is 301 g/mol. The Morgan fingerprint density at radius 3 is 2.50 bits per heavy atom. The highest BCUT2D eigenvalue weighted by Gasteiger charge is 2.31. The molecule has 0 bridgehead atoms. The molecule has 1 aliphatic heterocycles. The van der Waals surface area contributed by atoms with Crippen molar-refractivity contribution in [1.29, 1.82) is 0 Å². The predicted molar refractivity (Wildman–Crippen MR) is 86.4 cm³/mol. The van der Waals surface area contributed by atoms with Crippen LogP contribution >= 0.6 is 0 Å². The fourth-order valence-corrected chi connectivity index (χ4v) is 3.86. The molecule has 1 aromatic heterocycles. The lowest BCUT2D eigenvalue weighted by atomic mass is 9.82. The molecule has 120 valence electrons. The Morgan fingerprint density at radius 1 is 1.18 bits per heavy atom. The molecule has 4 heteroatoms. The van der Waals surface area contributed by atoms with E-state index in [0.717, 1.165) is 44.0 Å². The normalized spacial score (nSPS) is 25.7. The number of aromatic nitrogens is 2. The highest BCUT2D eigenvalue weighted by molar-refractivity contribution is 5.78. The number of carbonyl (C=O) groups is 1. The number of amides is 1. The summed E-state index contributed by atoms with van der Waals surface area (Å²) in [5, 5.41) is 0. The minimum atomic E-state index is 0.386. The van der Waals surface area contributed by atoms with Gasteiger partial charge in [0.1, 0.15) is 5.82 Å². The summed E-state index contributed by atoms with van der Waals surface area (Å²) in [6, 6.07) is 0.526. The van der Waals surface area contributed by atoms with E-state index in [1.54, 1.807) is 0 Å². The Kier molecular flexibility index (Phi) is 5.06. The maximum atomic E-state index is 11.8. The number of hydrogen-bond donors (Lipinski definition) is 0. The van der Waals surface area contributed by atoms with Crippen LogP contribution < -0.4 is 0 Å². The van der Waals surface area contributed by atoms with Crippen LogP contribution in [0.5, 0.6) is 0 Å². The Bertz CT molecular complexity index is 492. The van der Waals surface area contributed by atoms with Gasteiger partial charge in [-0.25, -0.2) is 9.97 Å². The molecule has 4 nitrogen and oxygen atoms in total. The molecule has 0 unspecified atom stereocenters. The molecule has 3 rings (SSSR count). The van der Waals surface area contributed by atoms with Gasteiger partial charge in [0, 0.05) is 37.8 Å². The summed E-state index contributed by atoms with van der Waals surface area (Å²) < 4.78 is 0. The minimum absolute atomic E-state index is 0.386. The van der Waals surface area contributed by atoms with E-state index in [9.17, 15) is 4.79 Å². The van der Waals surface area contributed by atoms with E-state index in [4.69, 9.17) is 0 Å².